The maximum Gasteiger partial charge on any atom is 0.210 e. The zero-order chi connectivity index (χ0) is 21.0. The molecular weight excluding hydrogens is 324 g/mol. The Hall–Kier alpha value is -0.120. The van der Waals surface area contributed by atoms with Crippen molar-refractivity contribution < 1.29 is 15.3 Å². The van der Waals surface area contributed by atoms with Crippen LogP contribution in [-0.4, -0.2) is 37.9 Å². The highest BCUT2D eigenvalue weighted by atomic mass is 16.3. The highest BCUT2D eigenvalue weighted by molar-refractivity contribution is 4.91. The summed E-state index contributed by atoms with van der Waals surface area (Å²) in [6, 6.07) is 0. The first kappa shape index (κ1) is 16.8. The van der Waals surface area contributed by atoms with Crippen LogP contribution in [-0.2, 0) is 0 Å². The summed E-state index contributed by atoms with van der Waals surface area (Å²) in [5, 5.41) is 15.6. The van der Waals surface area contributed by atoms with E-state index in [9.17, 15) is 0 Å². The Bertz CT molecular complexity index is 454. The molecule has 3 aliphatic carbocycles. The molecule has 3 heteroatoms. The molecule has 0 aromatic rings. The van der Waals surface area contributed by atoms with Gasteiger partial charge in [0.15, 0.2) is 0 Å². The maximum absolute atomic E-state index is 7.89. The Labute approximate surface area is 165 Å². The van der Waals surface area contributed by atoms with E-state index in [0.29, 0.717) is 41.4 Å². The first-order chi connectivity index (χ1) is 13.9. The Kier molecular flexibility index (Phi) is 5.76. The third kappa shape index (κ3) is 5.02. The third-order valence-electron chi connectivity index (χ3n) is 7.90. The molecule has 0 heterocycles. The summed E-state index contributed by atoms with van der Waals surface area (Å²) in [6.07, 6.45) is 10.8. The van der Waals surface area contributed by atoms with Crippen LogP contribution in [0.25, 0.3) is 0 Å². The van der Waals surface area contributed by atoms with E-state index in [4.69, 9.17) is 19.6 Å². The van der Waals surface area contributed by atoms with Crippen LogP contribution in [0.1, 0.15) is 85.0 Å². The topological polar surface area (TPSA) is 60.7 Å². The van der Waals surface area contributed by atoms with Gasteiger partial charge < -0.3 is 15.3 Å². The first-order valence-corrected chi connectivity index (χ1v) is 11.3. The lowest BCUT2D eigenvalue weighted by molar-refractivity contribution is -0.0510. The largest absolute Gasteiger partial charge is 0.393 e. The van der Waals surface area contributed by atoms with Gasteiger partial charge in [-0.05, 0) is 106 Å². The van der Waals surface area contributed by atoms with Gasteiger partial charge in [0, 0.05) is 0 Å². The normalized spacial score (nSPS) is 52.0. The van der Waals surface area contributed by atoms with E-state index in [2.05, 4.69) is 20.8 Å². The minimum absolute atomic E-state index is 0.0357. The van der Waals surface area contributed by atoms with Gasteiger partial charge in [-0.2, -0.15) is 0 Å². The summed E-state index contributed by atoms with van der Waals surface area (Å²) in [5.41, 5.74) is 0. The quantitative estimate of drug-likeness (QED) is 0.624. The molecule has 0 amide bonds. The second kappa shape index (κ2) is 8.92. The summed E-state index contributed by atoms with van der Waals surface area (Å²) >= 11 is 0. The molecule has 0 aliphatic heterocycles. The molecule has 0 radical (unpaired) electrons. The number of hydrogen-bond donors (Lipinski definition) is 3. The van der Waals surface area contributed by atoms with Gasteiger partial charge in [-0.1, -0.05) is 20.8 Å². The van der Waals surface area contributed by atoms with Crippen molar-refractivity contribution in [1.29, 1.82) is 4.29 Å². The lowest BCUT2D eigenvalue weighted by Gasteiger charge is -2.44. The van der Waals surface area contributed by atoms with Gasteiger partial charge in [0.25, 0.3) is 0 Å². The second-order valence-electron chi connectivity index (χ2n) is 10.5. The van der Waals surface area contributed by atoms with Crippen molar-refractivity contribution in [3.8, 4) is 0 Å². The van der Waals surface area contributed by atoms with Crippen molar-refractivity contribution in [2.75, 3.05) is 0 Å². The van der Waals surface area contributed by atoms with E-state index in [1.165, 1.54) is 0 Å². The van der Waals surface area contributed by atoms with Crippen LogP contribution >= 0.6 is 0 Å². The van der Waals surface area contributed by atoms with Crippen molar-refractivity contribution in [2.24, 2.45) is 41.4 Å². The lowest BCUT2D eigenvalue weighted by Crippen LogP contribution is -2.42. The predicted octanol–water partition coefficient (Wildman–Crippen LogP) is 4.38. The average Bonchev–Trinajstić information content (AvgIpc) is 2.68. The van der Waals surface area contributed by atoms with Gasteiger partial charge in [-0.25, -0.2) is 0 Å². The molecule has 26 heavy (non-hydrogen) atoms. The molecule has 152 valence electrons. The summed E-state index contributed by atoms with van der Waals surface area (Å²) < 4.78 is 22.9. The molecular formula is C23H42O3. The summed E-state index contributed by atoms with van der Waals surface area (Å²) in [4.78, 5) is 0. The minimum atomic E-state index is -0.0431. The molecule has 3 saturated carbocycles. The van der Waals surface area contributed by atoms with Crippen LogP contribution in [0.5, 0.6) is 0 Å². The molecule has 3 nitrogen and oxygen atoms in total. The SMILES string of the molecule is [2H]OC1CCC(C)CC1CC1CC(C)CC(CC2CC(C)CCC2O[2H])C1O[2H]. The lowest BCUT2D eigenvalue weighted by atomic mass is 9.65. The van der Waals surface area contributed by atoms with Crippen LogP contribution in [0.2, 0.25) is 0 Å². The van der Waals surface area contributed by atoms with Crippen LogP contribution in [0, 0.1) is 41.4 Å². The molecule has 0 aromatic carbocycles. The molecule has 0 spiro atoms. The molecule has 0 saturated heterocycles. The number of hydrogen-bond acceptors (Lipinski definition) is 3. The van der Waals surface area contributed by atoms with E-state index in [-0.39, 0.29) is 18.3 Å². The van der Waals surface area contributed by atoms with Crippen molar-refractivity contribution in [1.82, 2.24) is 0 Å². The van der Waals surface area contributed by atoms with Gasteiger partial charge in [0.1, 0.15) is 0 Å². The average molecular weight is 370 g/mol. The van der Waals surface area contributed by atoms with E-state index < -0.39 is 0 Å². The zero-order valence-corrected chi connectivity index (χ0v) is 17.1. The van der Waals surface area contributed by atoms with Crippen molar-refractivity contribution in [3.63, 3.8) is 0 Å². The zero-order valence-electron chi connectivity index (χ0n) is 20.1. The Balaban J connectivity index is 1.68. The molecule has 3 fully saturated rings. The molecule has 3 aliphatic rings. The fourth-order valence-corrected chi connectivity index (χ4v) is 6.46. The Morgan fingerprint density at radius 3 is 1.50 bits per heavy atom. The van der Waals surface area contributed by atoms with Crippen LogP contribution < -0.4 is 0 Å². The maximum atomic E-state index is 7.89. The van der Waals surface area contributed by atoms with Crippen molar-refractivity contribution in [2.45, 2.75) is 103 Å². The fraction of sp³-hybridized carbons (Fsp3) is 1.00. The van der Waals surface area contributed by atoms with Crippen molar-refractivity contribution in [3.05, 3.63) is 0 Å². The first-order valence-electron chi connectivity index (χ1n) is 12.5. The molecule has 8 atom stereocenters. The smallest absolute Gasteiger partial charge is 0.210 e. The van der Waals surface area contributed by atoms with E-state index in [0.717, 1.165) is 64.2 Å². The molecule has 8 unspecified atom stereocenters. The van der Waals surface area contributed by atoms with Gasteiger partial charge in [-0.3, -0.25) is 0 Å². The van der Waals surface area contributed by atoms with Gasteiger partial charge in [0.2, 0.25) is 4.29 Å². The molecule has 3 rings (SSSR count). The highest BCUT2D eigenvalue weighted by Gasteiger charge is 2.40. The van der Waals surface area contributed by atoms with Crippen molar-refractivity contribution >= 4 is 0 Å². The number of aliphatic hydroxyl groups excluding tert-OH is 3. The summed E-state index contributed by atoms with van der Waals surface area (Å²) in [5.74, 6) is 3.56. The van der Waals surface area contributed by atoms with Crippen LogP contribution in [0.4, 0.5) is 0 Å². The Morgan fingerprint density at radius 1 is 0.615 bits per heavy atom. The number of aliphatic hydroxyl groups is 3. The molecule has 0 aromatic heterocycles. The minimum Gasteiger partial charge on any atom is -0.393 e. The highest BCUT2D eigenvalue weighted by Crippen LogP contribution is 2.44. The molecule has 3 N–H and O–H groups in total. The van der Waals surface area contributed by atoms with E-state index in [1.807, 2.05) is 0 Å². The number of rotatable bonds is 7. The van der Waals surface area contributed by atoms with E-state index in [1.54, 1.807) is 0 Å². The fourth-order valence-electron chi connectivity index (χ4n) is 6.46. The van der Waals surface area contributed by atoms with Gasteiger partial charge >= 0.3 is 0 Å². The standard InChI is InChI=1S/C23H42O3/c1-14-4-6-21(24)17(8-14)12-19-10-16(3)11-20(23(19)26)13-18-9-15(2)5-7-22(18)25/h14-26H,4-13H2,1-3H3/i24D,25D,26D. The van der Waals surface area contributed by atoms with Crippen LogP contribution in [0.3, 0.4) is 0 Å². The van der Waals surface area contributed by atoms with Gasteiger partial charge in [0.05, 0.1) is 18.3 Å². The van der Waals surface area contributed by atoms with E-state index >= 15 is 0 Å². The third-order valence-corrected chi connectivity index (χ3v) is 7.90. The summed E-state index contributed by atoms with van der Waals surface area (Å²) in [7, 11) is 0. The Morgan fingerprint density at radius 2 is 1.08 bits per heavy atom. The summed E-state index contributed by atoms with van der Waals surface area (Å²) in [6.45, 7) is 6.95. The molecule has 0 bridgehead atoms. The monoisotopic (exact) mass is 369 g/mol. The second-order valence-corrected chi connectivity index (χ2v) is 10.5. The van der Waals surface area contributed by atoms with Gasteiger partial charge in [-0.15, -0.1) is 0 Å². The van der Waals surface area contributed by atoms with Crippen LogP contribution in [0.15, 0.2) is 0 Å². The predicted molar refractivity (Wildman–Crippen MR) is 106 cm³/mol.